The van der Waals surface area contributed by atoms with Crippen molar-refractivity contribution in [3.8, 4) is 11.4 Å². The smallest absolute Gasteiger partial charge is 0.255 e. The van der Waals surface area contributed by atoms with Crippen LogP contribution in [-0.2, 0) is 13.5 Å². The molecule has 0 aromatic carbocycles. The van der Waals surface area contributed by atoms with Crippen LogP contribution in [0.3, 0.4) is 0 Å². The molecule has 4 rings (SSSR count). The Morgan fingerprint density at radius 1 is 1.21 bits per heavy atom. The van der Waals surface area contributed by atoms with Crippen LogP contribution in [0.2, 0.25) is 0 Å². The third kappa shape index (κ3) is 3.78. The van der Waals surface area contributed by atoms with Gasteiger partial charge < -0.3 is 9.47 Å². The Hall–Kier alpha value is -3.09. The van der Waals surface area contributed by atoms with Crippen molar-refractivity contribution >= 4 is 5.91 Å². The molecule has 7 nitrogen and oxygen atoms in total. The molecule has 1 aliphatic heterocycles. The van der Waals surface area contributed by atoms with Crippen LogP contribution >= 0.6 is 0 Å². The van der Waals surface area contributed by atoms with Gasteiger partial charge in [-0.15, -0.1) is 0 Å². The summed E-state index contributed by atoms with van der Waals surface area (Å²) >= 11 is 0. The number of rotatable bonds is 4. The summed E-state index contributed by atoms with van der Waals surface area (Å²) in [7, 11) is 1.98. The van der Waals surface area contributed by atoms with Gasteiger partial charge in [0.05, 0.1) is 29.3 Å². The molecule has 28 heavy (non-hydrogen) atoms. The van der Waals surface area contributed by atoms with Crippen LogP contribution in [0, 0.1) is 12.8 Å². The zero-order valence-electron chi connectivity index (χ0n) is 16.2. The lowest BCUT2D eigenvalue weighted by Gasteiger charge is -2.32. The highest BCUT2D eigenvalue weighted by molar-refractivity contribution is 5.93. The van der Waals surface area contributed by atoms with Crippen LogP contribution in [0.25, 0.3) is 11.4 Å². The van der Waals surface area contributed by atoms with Gasteiger partial charge in [0.15, 0.2) is 0 Å². The summed E-state index contributed by atoms with van der Waals surface area (Å²) in [5.41, 5.74) is 3.40. The highest BCUT2D eigenvalue weighted by Crippen LogP contribution is 2.23. The Balaban J connectivity index is 1.46. The quantitative estimate of drug-likeness (QED) is 0.700. The van der Waals surface area contributed by atoms with E-state index in [4.69, 9.17) is 4.98 Å². The molecule has 0 bridgehead atoms. The maximum atomic E-state index is 12.7. The number of amides is 1. The van der Waals surface area contributed by atoms with Crippen molar-refractivity contribution in [2.75, 3.05) is 13.1 Å². The van der Waals surface area contributed by atoms with E-state index in [1.54, 1.807) is 24.7 Å². The Bertz CT molecular complexity index is 968. The minimum Gasteiger partial charge on any atom is -0.338 e. The Labute approximate surface area is 164 Å². The lowest BCUT2D eigenvalue weighted by Crippen LogP contribution is -2.40. The Kier molecular flexibility index (Phi) is 5.14. The topological polar surface area (TPSA) is 76.8 Å². The monoisotopic (exact) mass is 376 g/mol. The van der Waals surface area contributed by atoms with Gasteiger partial charge in [0, 0.05) is 38.7 Å². The third-order valence-electron chi connectivity index (χ3n) is 5.38. The van der Waals surface area contributed by atoms with E-state index in [1.807, 2.05) is 41.9 Å². The highest BCUT2D eigenvalue weighted by atomic mass is 16.2. The van der Waals surface area contributed by atoms with Gasteiger partial charge in [-0.05, 0) is 44.2 Å². The maximum absolute atomic E-state index is 12.7. The molecular formula is C21H24N6O. The third-order valence-corrected chi connectivity index (χ3v) is 5.38. The standard InChI is InChI=1S/C21H24N6O/c1-15-24-13-20(26(15)2)19-12-23-11-18(25-19)9-16-5-4-8-27(14-16)21(28)17-6-3-7-22-10-17/h3,6-7,10-13,16H,4-5,8-9,14H2,1-2H3/t16-/m1/s1. The molecule has 1 fully saturated rings. The van der Waals surface area contributed by atoms with Crippen LogP contribution in [-0.4, -0.2) is 48.4 Å². The van der Waals surface area contributed by atoms with Crippen molar-refractivity contribution in [2.45, 2.75) is 26.2 Å². The number of nitrogens with zero attached hydrogens (tertiary/aromatic N) is 6. The largest absolute Gasteiger partial charge is 0.338 e. The average Bonchev–Trinajstić information content (AvgIpc) is 3.07. The van der Waals surface area contributed by atoms with Gasteiger partial charge in [-0.3, -0.25) is 14.8 Å². The number of likely N-dealkylation sites (tertiary alicyclic amines) is 1. The molecule has 144 valence electrons. The van der Waals surface area contributed by atoms with E-state index >= 15 is 0 Å². The number of hydrogen-bond donors (Lipinski definition) is 0. The summed E-state index contributed by atoms with van der Waals surface area (Å²) in [6.45, 7) is 3.51. The van der Waals surface area contributed by atoms with Crippen LogP contribution in [0.4, 0.5) is 0 Å². The maximum Gasteiger partial charge on any atom is 0.255 e. The number of carbonyl (C=O) groups excluding carboxylic acids is 1. The molecule has 0 N–H and O–H groups in total. The first-order chi connectivity index (χ1) is 13.6. The number of aryl methyl sites for hydroxylation is 1. The molecule has 0 unspecified atom stereocenters. The van der Waals surface area contributed by atoms with E-state index < -0.39 is 0 Å². The molecule has 0 radical (unpaired) electrons. The minimum atomic E-state index is 0.0583. The minimum absolute atomic E-state index is 0.0583. The molecule has 1 atom stereocenters. The van der Waals surface area contributed by atoms with Crippen LogP contribution in [0.5, 0.6) is 0 Å². The first-order valence-corrected chi connectivity index (χ1v) is 9.60. The molecule has 1 saturated heterocycles. The second kappa shape index (κ2) is 7.88. The average molecular weight is 376 g/mol. The number of pyridine rings is 1. The zero-order valence-corrected chi connectivity index (χ0v) is 16.2. The molecule has 3 aromatic rings. The van der Waals surface area contributed by atoms with E-state index in [0.29, 0.717) is 11.5 Å². The molecule has 0 spiro atoms. The zero-order chi connectivity index (χ0) is 19.5. The number of aromatic nitrogens is 5. The predicted molar refractivity (Wildman–Crippen MR) is 106 cm³/mol. The van der Waals surface area contributed by atoms with Crippen molar-refractivity contribution in [3.63, 3.8) is 0 Å². The SMILES string of the molecule is Cc1ncc(-c2cncc(C[C@H]3CCCN(C(=O)c4cccnc4)C3)n2)n1C. The van der Waals surface area contributed by atoms with Crippen molar-refractivity contribution in [1.29, 1.82) is 0 Å². The van der Waals surface area contributed by atoms with Gasteiger partial charge in [-0.25, -0.2) is 9.97 Å². The van der Waals surface area contributed by atoms with Gasteiger partial charge in [-0.2, -0.15) is 0 Å². The van der Waals surface area contributed by atoms with Crippen molar-refractivity contribution in [3.05, 3.63) is 60.2 Å². The Morgan fingerprint density at radius 2 is 2.11 bits per heavy atom. The fourth-order valence-corrected chi connectivity index (χ4v) is 3.75. The molecule has 4 heterocycles. The lowest BCUT2D eigenvalue weighted by molar-refractivity contribution is 0.0672. The van der Waals surface area contributed by atoms with Crippen molar-refractivity contribution < 1.29 is 4.79 Å². The van der Waals surface area contributed by atoms with Gasteiger partial charge >= 0.3 is 0 Å². The molecule has 3 aromatic heterocycles. The summed E-state index contributed by atoms with van der Waals surface area (Å²) in [6.07, 6.45) is 11.7. The van der Waals surface area contributed by atoms with Crippen LogP contribution in [0.1, 0.15) is 34.7 Å². The summed E-state index contributed by atoms with van der Waals surface area (Å²) in [5.74, 6) is 1.38. The van der Waals surface area contributed by atoms with Crippen molar-refractivity contribution in [2.24, 2.45) is 13.0 Å². The number of hydrogen-bond acceptors (Lipinski definition) is 5. The summed E-state index contributed by atoms with van der Waals surface area (Å²) in [4.78, 5) is 32.3. The van der Waals surface area contributed by atoms with Crippen LogP contribution in [0.15, 0.2) is 43.1 Å². The first-order valence-electron chi connectivity index (χ1n) is 9.60. The van der Waals surface area contributed by atoms with Crippen LogP contribution < -0.4 is 0 Å². The normalized spacial score (nSPS) is 16.9. The van der Waals surface area contributed by atoms with Gasteiger partial charge in [0.2, 0.25) is 0 Å². The number of imidazole rings is 1. The van der Waals surface area contributed by atoms with E-state index in [9.17, 15) is 4.79 Å². The number of carbonyl (C=O) groups is 1. The van der Waals surface area contributed by atoms with Gasteiger partial charge in [0.25, 0.3) is 5.91 Å². The summed E-state index contributed by atoms with van der Waals surface area (Å²) in [6, 6.07) is 3.62. The van der Waals surface area contributed by atoms with E-state index in [-0.39, 0.29) is 5.91 Å². The lowest BCUT2D eigenvalue weighted by atomic mass is 9.93. The number of piperidine rings is 1. The molecule has 1 aliphatic rings. The van der Waals surface area contributed by atoms with Gasteiger partial charge in [0.1, 0.15) is 11.5 Å². The molecular weight excluding hydrogens is 352 g/mol. The van der Waals surface area contributed by atoms with E-state index in [2.05, 4.69) is 15.0 Å². The van der Waals surface area contributed by atoms with E-state index in [0.717, 1.165) is 55.3 Å². The molecule has 1 amide bonds. The summed E-state index contributed by atoms with van der Waals surface area (Å²) in [5, 5.41) is 0. The Morgan fingerprint density at radius 3 is 2.86 bits per heavy atom. The fourth-order valence-electron chi connectivity index (χ4n) is 3.75. The molecule has 7 heteroatoms. The van der Waals surface area contributed by atoms with Gasteiger partial charge in [-0.1, -0.05) is 0 Å². The molecule has 0 saturated carbocycles. The fraction of sp³-hybridized carbons (Fsp3) is 0.381. The van der Waals surface area contributed by atoms with Crippen molar-refractivity contribution in [1.82, 2.24) is 29.4 Å². The first kappa shape index (κ1) is 18.3. The predicted octanol–water partition coefficient (Wildman–Crippen LogP) is 2.68. The van der Waals surface area contributed by atoms with E-state index in [1.165, 1.54) is 0 Å². The second-order valence-electron chi connectivity index (χ2n) is 7.35. The summed E-state index contributed by atoms with van der Waals surface area (Å²) < 4.78 is 2.02. The second-order valence-corrected chi connectivity index (χ2v) is 7.35. The molecule has 0 aliphatic carbocycles. The highest BCUT2D eigenvalue weighted by Gasteiger charge is 2.25.